The topological polar surface area (TPSA) is 74.7 Å². The molecule has 1 heterocycles. The molecule has 1 saturated heterocycles. The zero-order valence-corrected chi connectivity index (χ0v) is 15.1. The maximum atomic E-state index is 13.1. The molecular formula is C17H19NO4S2. The molecule has 1 fully saturated rings. The minimum Gasteiger partial charge on any atom is -0.480 e. The van der Waals surface area contributed by atoms with Gasteiger partial charge in [-0.2, -0.15) is 16.1 Å². The molecule has 0 aromatic heterocycles. The molecule has 0 aliphatic carbocycles. The average Bonchev–Trinajstić information content (AvgIpc) is 2.52. The van der Waals surface area contributed by atoms with Crippen molar-refractivity contribution < 1.29 is 18.3 Å². The van der Waals surface area contributed by atoms with Gasteiger partial charge in [0.05, 0.1) is 4.90 Å². The van der Waals surface area contributed by atoms with Gasteiger partial charge < -0.3 is 5.11 Å². The highest BCUT2D eigenvalue weighted by Gasteiger charge is 2.48. The smallest absolute Gasteiger partial charge is 0.323 e. The van der Waals surface area contributed by atoms with Crippen LogP contribution in [0.5, 0.6) is 0 Å². The third-order valence-electron chi connectivity index (χ3n) is 4.29. The van der Waals surface area contributed by atoms with Crippen LogP contribution in [0.4, 0.5) is 0 Å². The summed E-state index contributed by atoms with van der Waals surface area (Å²) in [5.41, 5.74) is 0. The third kappa shape index (κ3) is 2.92. The van der Waals surface area contributed by atoms with E-state index in [1.165, 1.54) is 11.8 Å². The summed E-state index contributed by atoms with van der Waals surface area (Å²) in [5, 5.41) is 11.4. The van der Waals surface area contributed by atoms with Gasteiger partial charge in [-0.3, -0.25) is 4.79 Å². The fourth-order valence-corrected chi connectivity index (χ4v) is 6.23. The van der Waals surface area contributed by atoms with E-state index in [2.05, 4.69) is 0 Å². The molecule has 1 aliphatic rings. The van der Waals surface area contributed by atoms with Gasteiger partial charge in [-0.05, 0) is 36.8 Å². The van der Waals surface area contributed by atoms with E-state index in [0.717, 1.165) is 15.1 Å². The second kappa shape index (κ2) is 6.06. The number of thioether (sulfide) groups is 1. The first-order chi connectivity index (χ1) is 11.2. The van der Waals surface area contributed by atoms with Crippen LogP contribution in [0.15, 0.2) is 47.4 Å². The molecule has 24 heavy (non-hydrogen) atoms. The maximum Gasteiger partial charge on any atom is 0.323 e. The number of sulfonamides is 1. The zero-order valence-electron chi connectivity index (χ0n) is 13.5. The number of hydrogen-bond acceptors (Lipinski definition) is 4. The van der Waals surface area contributed by atoms with Crippen LogP contribution in [0, 0.1) is 0 Å². The summed E-state index contributed by atoms with van der Waals surface area (Å²) in [6.45, 7) is 3.75. The molecule has 1 N–H and O–H groups in total. The first kappa shape index (κ1) is 17.3. The summed E-state index contributed by atoms with van der Waals surface area (Å²) in [7, 11) is -3.88. The number of benzene rings is 2. The summed E-state index contributed by atoms with van der Waals surface area (Å²) >= 11 is 1.49. The second-order valence-electron chi connectivity index (χ2n) is 6.32. The van der Waals surface area contributed by atoms with E-state index in [0.29, 0.717) is 5.75 Å². The van der Waals surface area contributed by atoms with Crippen molar-refractivity contribution in [3.63, 3.8) is 0 Å². The van der Waals surface area contributed by atoms with E-state index in [1.807, 2.05) is 24.3 Å². The Hall–Kier alpha value is -1.57. The van der Waals surface area contributed by atoms with Gasteiger partial charge in [-0.1, -0.05) is 30.3 Å². The van der Waals surface area contributed by atoms with Gasteiger partial charge in [0.1, 0.15) is 6.04 Å². The lowest BCUT2D eigenvalue weighted by Crippen LogP contribution is -2.58. The van der Waals surface area contributed by atoms with Crippen LogP contribution in [-0.4, -0.2) is 46.9 Å². The van der Waals surface area contributed by atoms with Crippen molar-refractivity contribution in [2.75, 3.05) is 12.3 Å². The Morgan fingerprint density at radius 1 is 1.21 bits per heavy atom. The van der Waals surface area contributed by atoms with E-state index in [-0.39, 0.29) is 11.4 Å². The van der Waals surface area contributed by atoms with E-state index in [1.54, 1.807) is 32.0 Å². The molecule has 3 rings (SSSR count). The van der Waals surface area contributed by atoms with Gasteiger partial charge in [0, 0.05) is 17.0 Å². The first-order valence-corrected chi connectivity index (χ1v) is 10.0. The molecule has 0 saturated carbocycles. The Bertz CT molecular complexity index is 892. The van der Waals surface area contributed by atoms with Crippen LogP contribution in [0.1, 0.15) is 13.8 Å². The number of carboxylic acids is 1. The first-order valence-electron chi connectivity index (χ1n) is 7.61. The molecule has 2 aromatic carbocycles. The SMILES string of the molecule is CC1(C)SCCN(S(=O)(=O)c2ccc3ccccc3c2)C1C(=O)O. The van der Waals surface area contributed by atoms with E-state index < -0.39 is 26.8 Å². The highest BCUT2D eigenvalue weighted by molar-refractivity contribution is 8.00. The van der Waals surface area contributed by atoms with E-state index in [4.69, 9.17) is 0 Å². The van der Waals surface area contributed by atoms with Crippen molar-refractivity contribution in [3.8, 4) is 0 Å². The van der Waals surface area contributed by atoms with E-state index in [9.17, 15) is 18.3 Å². The fourth-order valence-electron chi connectivity index (χ4n) is 3.10. The van der Waals surface area contributed by atoms with Gasteiger partial charge in [-0.25, -0.2) is 8.42 Å². The van der Waals surface area contributed by atoms with Gasteiger partial charge in [0.15, 0.2) is 0 Å². The molecule has 7 heteroatoms. The number of nitrogens with zero attached hydrogens (tertiary/aromatic N) is 1. The van der Waals surface area contributed by atoms with E-state index >= 15 is 0 Å². The molecule has 1 atom stereocenters. The minimum absolute atomic E-state index is 0.134. The number of aliphatic carboxylic acids is 1. The summed E-state index contributed by atoms with van der Waals surface area (Å²) in [5.74, 6) is -0.541. The lowest BCUT2D eigenvalue weighted by molar-refractivity contribution is -0.142. The Morgan fingerprint density at radius 2 is 1.88 bits per heavy atom. The monoisotopic (exact) mass is 365 g/mol. The molecule has 0 radical (unpaired) electrons. The lowest BCUT2D eigenvalue weighted by atomic mass is 10.0. The van der Waals surface area contributed by atoms with Crippen LogP contribution in [0.25, 0.3) is 10.8 Å². The number of carbonyl (C=O) groups is 1. The Morgan fingerprint density at radius 3 is 2.54 bits per heavy atom. The van der Waals surface area contributed by atoms with Crippen LogP contribution < -0.4 is 0 Å². The zero-order chi connectivity index (χ0) is 17.5. The van der Waals surface area contributed by atoms with Crippen molar-refractivity contribution in [2.24, 2.45) is 0 Å². The van der Waals surface area contributed by atoms with Crippen LogP contribution in [-0.2, 0) is 14.8 Å². The quantitative estimate of drug-likeness (QED) is 0.905. The second-order valence-corrected chi connectivity index (χ2v) is 9.96. The molecule has 128 valence electrons. The Kier molecular flexibility index (Phi) is 4.36. The molecule has 0 amide bonds. The molecule has 1 aliphatic heterocycles. The van der Waals surface area contributed by atoms with Crippen molar-refractivity contribution in [1.82, 2.24) is 4.31 Å². The van der Waals surface area contributed by atoms with Crippen molar-refractivity contribution in [2.45, 2.75) is 29.5 Å². The van der Waals surface area contributed by atoms with Gasteiger partial charge in [-0.15, -0.1) is 0 Å². The summed E-state index contributed by atoms with van der Waals surface area (Å²) in [6, 6.07) is 11.3. The number of hydrogen-bond donors (Lipinski definition) is 1. The van der Waals surface area contributed by atoms with Gasteiger partial charge in [0.25, 0.3) is 0 Å². The van der Waals surface area contributed by atoms with Crippen molar-refractivity contribution in [1.29, 1.82) is 0 Å². The number of fused-ring (bicyclic) bond motifs is 1. The third-order valence-corrected chi connectivity index (χ3v) is 7.51. The largest absolute Gasteiger partial charge is 0.480 e. The van der Waals surface area contributed by atoms with Crippen LogP contribution >= 0.6 is 11.8 Å². The fraction of sp³-hybridized carbons (Fsp3) is 0.353. The highest BCUT2D eigenvalue weighted by Crippen LogP contribution is 2.38. The normalized spacial score (nSPS) is 21.7. The average molecular weight is 365 g/mol. The van der Waals surface area contributed by atoms with Gasteiger partial charge >= 0.3 is 5.97 Å². The molecule has 0 spiro atoms. The maximum absolute atomic E-state index is 13.1. The molecular weight excluding hydrogens is 346 g/mol. The predicted octanol–water partition coefficient (Wildman–Crippen LogP) is 2.81. The Balaban J connectivity index is 2.08. The standard InChI is InChI=1S/C17H19NO4S2/c1-17(2)15(16(19)20)18(9-10-23-17)24(21,22)14-8-7-12-5-3-4-6-13(12)11-14/h3-8,11,15H,9-10H2,1-2H3,(H,19,20). The summed E-state index contributed by atoms with van der Waals surface area (Å²) in [4.78, 5) is 11.9. The summed E-state index contributed by atoms with van der Waals surface area (Å²) in [6.07, 6.45) is 0. The lowest BCUT2D eigenvalue weighted by Gasteiger charge is -2.42. The molecule has 2 aromatic rings. The van der Waals surface area contributed by atoms with Gasteiger partial charge in [0.2, 0.25) is 10.0 Å². The molecule has 1 unspecified atom stereocenters. The van der Waals surface area contributed by atoms with Crippen LogP contribution in [0.2, 0.25) is 0 Å². The van der Waals surface area contributed by atoms with Crippen molar-refractivity contribution >= 4 is 38.5 Å². The number of rotatable bonds is 3. The summed E-state index contributed by atoms with van der Waals surface area (Å²) < 4.78 is 26.6. The molecule has 0 bridgehead atoms. The Labute approximate surface area is 145 Å². The van der Waals surface area contributed by atoms with Crippen molar-refractivity contribution in [3.05, 3.63) is 42.5 Å². The highest BCUT2D eigenvalue weighted by atomic mass is 32.2. The number of carboxylic acid groups (broad SMARTS) is 1. The minimum atomic E-state index is -3.88. The molecule has 5 nitrogen and oxygen atoms in total. The predicted molar refractivity (Wildman–Crippen MR) is 95.8 cm³/mol. The van der Waals surface area contributed by atoms with Crippen LogP contribution in [0.3, 0.4) is 0 Å².